The Hall–Kier alpha value is 0.530. The van der Waals surface area contributed by atoms with Gasteiger partial charge in [0, 0.05) is 12.6 Å². The van der Waals surface area contributed by atoms with Crippen LogP contribution in [0.1, 0.15) is 20.8 Å². The third-order valence-corrected chi connectivity index (χ3v) is 2.89. The molecule has 0 spiro atoms. The van der Waals surface area contributed by atoms with E-state index in [2.05, 4.69) is 9.61 Å². The Bertz CT molecular complexity index is 154. The van der Waals surface area contributed by atoms with Crippen LogP contribution < -0.4 is 5.09 Å². The Morgan fingerprint density at radius 2 is 1.90 bits per heavy atom. The fourth-order valence-corrected chi connectivity index (χ4v) is 2.23. The molecule has 0 aliphatic carbocycles. The van der Waals surface area contributed by atoms with Crippen molar-refractivity contribution in [3.05, 3.63) is 0 Å². The van der Waals surface area contributed by atoms with Crippen molar-refractivity contribution < 1.29 is 9.42 Å². The van der Waals surface area contributed by atoms with Crippen molar-refractivity contribution in [2.24, 2.45) is 0 Å². The van der Waals surface area contributed by atoms with Gasteiger partial charge in [0.2, 0.25) is 0 Å². The number of nitrogens with one attached hydrogen (secondary N) is 1. The van der Waals surface area contributed by atoms with Crippen LogP contribution in [-0.4, -0.2) is 17.5 Å². The van der Waals surface area contributed by atoms with Gasteiger partial charge in [-0.05, 0) is 32.6 Å². The molecule has 0 saturated heterocycles. The molecule has 0 saturated carbocycles. The molecule has 0 fully saturated rings. The molecule has 0 aliphatic heterocycles. The van der Waals surface area contributed by atoms with Crippen LogP contribution in [0.4, 0.5) is 0 Å². The molecule has 0 aliphatic rings. The van der Waals surface area contributed by atoms with E-state index in [1.165, 1.54) is 7.11 Å². The monoisotopic (exact) mass is 183 g/mol. The third kappa shape index (κ3) is 5.33. The van der Waals surface area contributed by atoms with Gasteiger partial charge in [0.25, 0.3) is 6.64 Å². The summed E-state index contributed by atoms with van der Waals surface area (Å²) in [4.78, 5) is 9.25. The maximum absolute atomic E-state index is 9.25. The second-order valence-corrected chi connectivity index (χ2v) is 6.18. The Kier molecular flexibility index (Phi) is 3.46. The smallest absolute Gasteiger partial charge is 0.258 e. The van der Waals surface area contributed by atoms with Crippen LogP contribution in [-0.2, 0) is 16.3 Å². The molecule has 5 heteroatoms. The standard InChI is InChI=1S/C5H14NO2PS/c1-5(2,3)6-9(7,10)8-4/h1-4H3,(H2,6,7,10). The van der Waals surface area contributed by atoms with Crippen LogP contribution in [0.15, 0.2) is 0 Å². The van der Waals surface area contributed by atoms with Gasteiger partial charge in [-0.25, -0.2) is 5.09 Å². The van der Waals surface area contributed by atoms with Crippen LogP contribution in [0.3, 0.4) is 0 Å². The lowest BCUT2D eigenvalue weighted by molar-refractivity contribution is 0.352. The van der Waals surface area contributed by atoms with Crippen molar-refractivity contribution in [2.75, 3.05) is 7.11 Å². The molecule has 1 unspecified atom stereocenters. The lowest BCUT2D eigenvalue weighted by Crippen LogP contribution is -2.33. The first kappa shape index (κ1) is 10.5. The average molecular weight is 183 g/mol. The number of rotatable bonds is 2. The minimum atomic E-state index is -2.71. The van der Waals surface area contributed by atoms with E-state index in [1.54, 1.807) is 0 Å². The van der Waals surface area contributed by atoms with E-state index in [9.17, 15) is 4.89 Å². The molecule has 1 atom stereocenters. The largest absolute Gasteiger partial charge is 0.334 e. The molecule has 0 aromatic rings. The second kappa shape index (κ2) is 3.28. The summed E-state index contributed by atoms with van der Waals surface area (Å²) in [6.45, 7) is 3.05. The first-order chi connectivity index (χ1) is 4.27. The van der Waals surface area contributed by atoms with E-state index < -0.39 is 6.64 Å². The highest BCUT2D eigenvalue weighted by atomic mass is 32.5. The zero-order chi connectivity index (χ0) is 8.41. The van der Waals surface area contributed by atoms with Crippen LogP contribution >= 0.6 is 6.64 Å². The summed E-state index contributed by atoms with van der Waals surface area (Å²) in [6, 6.07) is 0. The van der Waals surface area contributed by atoms with Gasteiger partial charge < -0.3 is 9.42 Å². The molecule has 0 radical (unpaired) electrons. The molecular weight excluding hydrogens is 169 g/mol. The van der Waals surface area contributed by atoms with E-state index in [4.69, 9.17) is 11.8 Å². The zero-order valence-electron chi connectivity index (χ0n) is 6.71. The molecule has 0 heterocycles. The van der Waals surface area contributed by atoms with Crippen molar-refractivity contribution >= 4 is 18.4 Å². The topological polar surface area (TPSA) is 41.5 Å². The van der Waals surface area contributed by atoms with Crippen molar-refractivity contribution in [2.45, 2.75) is 26.3 Å². The molecule has 0 aromatic heterocycles. The highest BCUT2D eigenvalue weighted by Gasteiger charge is 2.19. The normalized spacial score (nSPS) is 18.5. The average Bonchev–Trinajstić information content (AvgIpc) is 1.60. The maximum Gasteiger partial charge on any atom is 0.258 e. The minimum Gasteiger partial charge on any atom is -0.334 e. The fraction of sp³-hybridized carbons (Fsp3) is 1.00. The maximum atomic E-state index is 9.25. The van der Waals surface area contributed by atoms with E-state index >= 15 is 0 Å². The first-order valence-electron chi connectivity index (χ1n) is 2.95. The number of hydrogen-bond donors (Lipinski definition) is 2. The molecule has 10 heavy (non-hydrogen) atoms. The third-order valence-electron chi connectivity index (χ3n) is 0.724. The lowest BCUT2D eigenvalue weighted by Gasteiger charge is -2.25. The van der Waals surface area contributed by atoms with Gasteiger partial charge in [0.15, 0.2) is 0 Å². The van der Waals surface area contributed by atoms with E-state index in [0.29, 0.717) is 0 Å². The molecule has 0 amide bonds. The summed E-state index contributed by atoms with van der Waals surface area (Å²) in [5.74, 6) is 0. The predicted molar refractivity (Wildman–Crippen MR) is 46.4 cm³/mol. The van der Waals surface area contributed by atoms with Gasteiger partial charge in [0.1, 0.15) is 0 Å². The Morgan fingerprint density at radius 1 is 1.50 bits per heavy atom. The van der Waals surface area contributed by atoms with Crippen LogP contribution in [0.2, 0.25) is 0 Å². The van der Waals surface area contributed by atoms with Gasteiger partial charge in [-0.3, -0.25) is 0 Å². The van der Waals surface area contributed by atoms with Crippen LogP contribution in [0.5, 0.6) is 0 Å². The SMILES string of the molecule is COP(O)(=S)NC(C)(C)C. The molecule has 3 nitrogen and oxygen atoms in total. The summed E-state index contributed by atoms with van der Waals surface area (Å²) in [5.41, 5.74) is -0.194. The minimum absolute atomic E-state index is 0.194. The van der Waals surface area contributed by atoms with E-state index in [0.717, 1.165) is 0 Å². The van der Waals surface area contributed by atoms with Crippen LogP contribution in [0.25, 0.3) is 0 Å². The van der Waals surface area contributed by atoms with E-state index in [-0.39, 0.29) is 5.54 Å². The first-order valence-corrected chi connectivity index (χ1v) is 5.62. The zero-order valence-corrected chi connectivity index (χ0v) is 8.42. The Morgan fingerprint density at radius 3 is 2.00 bits per heavy atom. The van der Waals surface area contributed by atoms with Crippen molar-refractivity contribution in [1.82, 2.24) is 5.09 Å². The molecule has 0 rings (SSSR count). The van der Waals surface area contributed by atoms with E-state index in [1.807, 2.05) is 20.8 Å². The van der Waals surface area contributed by atoms with Gasteiger partial charge >= 0.3 is 0 Å². The Labute approximate surface area is 67.0 Å². The summed E-state index contributed by atoms with van der Waals surface area (Å²) < 4.78 is 4.68. The van der Waals surface area contributed by atoms with Crippen molar-refractivity contribution in [3.63, 3.8) is 0 Å². The highest BCUT2D eigenvalue weighted by molar-refractivity contribution is 8.08. The highest BCUT2D eigenvalue weighted by Crippen LogP contribution is 2.38. The quantitative estimate of drug-likeness (QED) is 0.632. The molecule has 0 bridgehead atoms. The van der Waals surface area contributed by atoms with Gasteiger partial charge in [-0.15, -0.1) is 0 Å². The number of hydrogen-bond acceptors (Lipinski definition) is 2. The lowest BCUT2D eigenvalue weighted by atomic mass is 10.1. The molecule has 2 N–H and O–H groups in total. The molecule has 62 valence electrons. The summed E-state index contributed by atoms with van der Waals surface area (Å²) in [5, 5.41) is 2.80. The molecular formula is C5H14NO2PS. The van der Waals surface area contributed by atoms with Crippen molar-refractivity contribution in [1.29, 1.82) is 0 Å². The van der Waals surface area contributed by atoms with Gasteiger partial charge in [0.05, 0.1) is 0 Å². The fourth-order valence-electron chi connectivity index (χ4n) is 0.470. The summed E-state index contributed by atoms with van der Waals surface area (Å²) >= 11 is 4.73. The van der Waals surface area contributed by atoms with Gasteiger partial charge in [-0.2, -0.15) is 0 Å². The Balaban J connectivity index is 4.03. The predicted octanol–water partition coefficient (Wildman–Crippen LogP) is 1.24. The summed E-state index contributed by atoms with van der Waals surface area (Å²) in [7, 11) is 1.40. The van der Waals surface area contributed by atoms with Crippen molar-refractivity contribution in [3.8, 4) is 0 Å². The van der Waals surface area contributed by atoms with Gasteiger partial charge in [-0.1, -0.05) is 0 Å². The summed E-state index contributed by atoms with van der Waals surface area (Å²) in [6.07, 6.45) is 0. The van der Waals surface area contributed by atoms with Crippen LogP contribution in [0, 0.1) is 0 Å². The molecule has 0 aromatic carbocycles. The second-order valence-electron chi connectivity index (χ2n) is 3.06.